The molecular weight excluding hydrogens is 436 g/mol. The topological polar surface area (TPSA) is 75.7 Å². The first-order valence-electron chi connectivity index (χ1n) is 11.2. The van der Waals surface area contributed by atoms with Gasteiger partial charge in [-0.2, -0.15) is 4.31 Å². The molecule has 3 aromatic carbocycles. The van der Waals surface area contributed by atoms with Crippen molar-refractivity contribution in [3.8, 4) is 11.5 Å². The largest absolute Gasteiger partial charge is 0.455 e. The Kier molecular flexibility index (Phi) is 7.42. The second-order valence-corrected chi connectivity index (χ2v) is 10.0. The van der Waals surface area contributed by atoms with Crippen LogP contribution in [0.2, 0.25) is 0 Å². The van der Waals surface area contributed by atoms with Crippen LogP contribution < -0.4 is 10.1 Å². The zero-order chi connectivity index (χ0) is 23.1. The van der Waals surface area contributed by atoms with Crippen molar-refractivity contribution < 1.29 is 17.9 Å². The molecular formula is C26H28N2O4S. The number of para-hydroxylation sites is 3. The van der Waals surface area contributed by atoms with Gasteiger partial charge in [0.05, 0.1) is 17.1 Å². The number of anilines is 1. The molecule has 1 saturated carbocycles. The highest BCUT2D eigenvalue weighted by Gasteiger charge is 2.34. The Labute approximate surface area is 195 Å². The third-order valence-corrected chi connectivity index (χ3v) is 7.68. The van der Waals surface area contributed by atoms with Crippen molar-refractivity contribution >= 4 is 21.6 Å². The van der Waals surface area contributed by atoms with E-state index in [1.165, 1.54) is 4.31 Å². The summed E-state index contributed by atoms with van der Waals surface area (Å²) in [5.41, 5.74) is 0.493. The van der Waals surface area contributed by atoms with Gasteiger partial charge in [0.2, 0.25) is 15.9 Å². The Morgan fingerprint density at radius 3 is 2.15 bits per heavy atom. The summed E-state index contributed by atoms with van der Waals surface area (Å²) in [5, 5.41) is 2.85. The van der Waals surface area contributed by atoms with Crippen LogP contribution >= 0.6 is 0 Å². The van der Waals surface area contributed by atoms with Gasteiger partial charge in [-0.15, -0.1) is 0 Å². The molecule has 4 rings (SSSR count). The molecule has 0 spiro atoms. The predicted molar refractivity (Wildman–Crippen MR) is 129 cm³/mol. The summed E-state index contributed by atoms with van der Waals surface area (Å²) in [6.07, 6.45) is 4.52. The monoisotopic (exact) mass is 464 g/mol. The van der Waals surface area contributed by atoms with Gasteiger partial charge in [0.1, 0.15) is 5.75 Å². The number of rotatable bonds is 8. The molecule has 1 amide bonds. The van der Waals surface area contributed by atoms with Gasteiger partial charge < -0.3 is 10.1 Å². The SMILES string of the molecule is O=C(CN(C1CCCCC1)S(=O)(=O)c1ccccc1)Nc1ccccc1Oc1ccccc1. The van der Waals surface area contributed by atoms with Crippen LogP contribution in [-0.2, 0) is 14.8 Å². The van der Waals surface area contributed by atoms with Gasteiger partial charge in [-0.05, 0) is 49.2 Å². The normalized spacial score (nSPS) is 14.7. The fraction of sp³-hybridized carbons (Fsp3) is 0.269. The molecule has 0 saturated heterocycles. The Hall–Kier alpha value is -3.16. The van der Waals surface area contributed by atoms with E-state index in [4.69, 9.17) is 4.74 Å². The van der Waals surface area contributed by atoms with Gasteiger partial charge in [-0.25, -0.2) is 8.42 Å². The molecule has 172 valence electrons. The zero-order valence-electron chi connectivity index (χ0n) is 18.4. The first-order valence-corrected chi connectivity index (χ1v) is 12.7. The first-order chi connectivity index (χ1) is 16.0. The number of amides is 1. The molecule has 1 N–H and O–H groups in total. The van der Waals surface area contributed by atoms with Gasteiger partial charge >= 0.3 is 0 Å². The highest BCUT2D eigenvalue weighted by atomic mass is 32.2. The lowest BCUT2D eigenvalue weighted by Crippen LogP contribution is -2.45. The van der Waals surface area contributed by atoms with E-state index in [1.807, 2.05) is 36.4 Å². The number of benzene rings is 3. The summed E-state index contributed by atoms with van der Waals surface area (Å²) in [4.78, 5) is 13.3. The van der Waals surface area contributed by atoms with Crippen LogP contribution in [-0.4, -0.2) is 31.2 Å². The molecule has 7 heteroatoms. The number of ether oxygens (including phenoxy) is 1. The molecule has 0 unspecified atom stereocenters. The van der Waals surface area contributed by atoms with E-state index in [0.29, 0.717) is 17.2 Å². The van der Waals surface area contributed by atoms with Gasteiger partial charge in [-0.3, -0.25) is 4.79 Å². The van der Waals surface area contributed by atoms with Crippen LogP contribution in [0.4, 0.5) is 5.69 Å². The van der Waals surface area contributed by atoms with Crippen molar-refractivity contribution in [1.82, 2.24) is 4.31 Å². The van der Waals surface area contributed by atoms with Crippen molar-refractivity contribution in [2.45, 2.75) is 43.0 Å². The maximum absolute atomic E-state index is 13.4. The van der Waals surface area contributed by atoms with Crippen LogP contribution in [0.5, 0.6) is 11.5 Å². The number of carbonyl (C=O) groups is 1. The first kappa shape index (κ1) is 23.0. The van der Waals surface area contributed by atoms with Crippen LogP contribution in [0.1, 0.15) is 32.1 Å². The lowest BCUT2D eigenvalue weighted by Gasteiger charge is -2.33. The van der Waals surface area contributed by atoms with E-state index in [0.717, 1.165) is 32.1 Å². The highest BCUT2D eigenvalue weighted by Crippen LogP contribution is 2.30. The zero-order valence-corrected chi connectivity index (χ0v) is 19.2. The quantitative estimate of drug-likeness (QED) is 0.482. The molecule has 1 aliphatic carbocycles. The predicted octanol–water partition coefficient (Wildman–Crippen LogP) is 5.44. The third kappa shape index (κ3) is 5.80. The van der Waals surface area contributed by atoms with Gasteiger partial charge in [-0.1, -0.05) is 67.8 Å². The summed E-state index contributed by atoms with van der Waals surface area (Å²) in [6.45, 7) is -0.248. The Bertz CT molecular complexity index is 1160. The maximum Gasteiger partial charge on any atom is 0.243 e. The minimum Gasteiger partial charge on any atom is -0.455 e. The molecule has 1 fully saturated rings. The van der Waals surface area contributed by atoms with Gasteiger partial charge in [0.15, 0.2) is 5.75 Å². The van der Waals surface area contributed by atoms with Crippen molar-refractivity contribution in [3.63, 3.8) is 0 Å². The molecule has 0 aromatic heterocycles. The standard InChI is InChI=1S/C26H28N2O4S/c29-26(27-24-18-10-11-19-25(24)32-22-14-6-2-7-15-22)20-28(21-12-4-1-5-13-21)33(30,31)23-16-8-3-9-17-23/h2-3,6-11,14-19,21H,1,4-5,12-13,20H2,(H,27,29). The third-order valence-electron chi connectivity index (χ3n) is 5.76. The molecule has 0 bridgehead atoms. The molecule has 1 aliphatic rings. The van der Waals surface area contributed by atoms with Gasteiger partial charge in [0, 0.05) is 6.04 Å². The van der Waals surface area contributed by atoms with Crippen molar-refractivity contribution in [2.75, 3.05) is 11.9 Å². The van der Waals surface area contributed by atoms with E-state index in [9.17, 15) is 13.2 Å². The van der Waals surface area contributed by atoms with E-state index in [-0.39, 0.29) is 17.5 Å². The molecule has 0 radical (unpaired) electrons. The molecule has 0 aliphatic heterocycles. The fourth-order valence-corrected chi connectivity index (χ4v) is 5.78. The maximum atomic E-state index is 13.4. The van der Waals surface area contributed by atoms with Crippen molar-refractivity contribution in [2.24, 2.45) is 0 Å². The highest BCUT2D eigenvalue weighted by molar-refractivity contribution is 7.89. The molecule has 33 heavy (non-hydrogen) atoms. The molecule has 0 heterocycles. The summed E-state index contributed by atoms with van der Waals surface area (Å²) in [5.74, 6) is 0.742. The number of nitrogens with zero attached hydrogens (tertiary/aromatic N) is 1. The number of nitrogens with one attached hydrogen (secondary N) is 1. The second-order valence-electron chi connectivity index (χ2n) is 8.11. The number of sulfonamides is 1. The summed E-state index contributed by atoms with van der Waals surface area (Å²) >= 11 is 0. The average Bonchev–Trinajstić information content (AvgIpc) is 2.85. The Morgan fingerprint density at radius 2 is 1.45 bits per heavy atom. The van der Waals surface area contributed by atoms with Crippen LogP contribution in [0.3, 0.4) is 0 Å². The number of carbonyl (C=O) groups excluding carboxylic acids is 1. The number of hydrogen-bond acceptors (Lipinski definition) is 4. The summed E-state index contributed by atoms with van der Waals surface area (Å²) < 4.78 is 34.2. The second kappa shape index (κ2) is 10.6. The van der Waals surface area contributed by atoms with Crippen LogP contribution in [0, 0.1) is 0 Å². The minimum atomic E-state index is -3.81. The number of hydrogen-bond donors (Lipinski definition) is 1. The summed E-state index contributed by atoms with van der Waals surface area (Å²) in [7, 11) is -3.81. The summed E-state index contributed by atoms with van der Waals surface area (Å²) in [6, 6.07) is 24.6. The minimum absolute atomic E-state index is 0.189. The van der Waals surface area contributed by atoms with E-state index < -0.39 is 15.9 Å². The van der Waals surface area contributed by atoms with E-state index >= 15 is 0 Å². The Balaban J connectivity index is 1.55. The van der Waals surface area contributed by atoms with E-state index in [2.05, 4.69) is 5.32 Å². The van der Waals surface area contributed by atoms with E-state index in [1.54, 1.807) is 48.5 Å². The van der Waals surface area contributed by atoms with Crippen molar-refractivity contribution in [1.29, 1.82) is 0 Å². The average molecular weight is 465 g/mol. The Morgan fingerprint density at radius 1 is 0.848 bits per heavy atom. The fourth-order valence-electron chi connectivity index (χ4n) is 4.11. The molecule has 6 nitrogen and oxygen atoms in total. The van der Waals surface area contributed by atoms with Crippen molar-refractivity contribution in [3.05, 3.63) is 84.9 Å². The molecule has 0 atom stereocenters. The lowest BCUT2D eigenvalue weighted by atomic mass is 9.95. The molecule has 3 aromatic rings. The lowest BCUT2D eigenvalue weighted by molar-refractivity contribution is -0.116. The van der Waals surface area contributed by atoms with Crippen LogP contribution in [0.15, 0.2) is 89.8 Å². The smallest absolute Gasteiger partial charge is 0.243 e. The van der Waals surface area contributed by atoms with Gasteiger partial charge in [0.25, 0.3) is 0 Å². The van der Waals surface area contributed by atoms with Crippen LogP contribution in [0.25, 0.3) is 0 Å².